The van der Waals surface area contributed by atoms with Gasteiger partial charge in [0.1, 0.15) is 6.61 Å². The molecule has 140 valence electrons. The van der Waals surface area contributed by atoms with Crippen molar-refractivity contribution in [2.24, 2.45) is 0 Å². The number of rotatable bonds is 7. The fraction of sp³-hybridized carbons (Fsp3) is 0.238. The molecule has 3 aromatic rings. The van der Waals surface area contributed by atoms with E-state index in [9.17, 15) is 4.79 Å². The summed E-state index contributed by atoms with van der Waals surface area (Å²) < 4.78 is 11.1. The topological polar surface area (TPSA) is 60.5 Å². The average Bonchev–Trinajstić information content (AvgIpc) is 3.20. The highest BCUT2D eigenvalue weighted by Crippen LogP contribution is 2.29. The maximum atomic E-state index is 12.6. The van der Waals surface area contributed by atoms with Crippen molar-refractivity contribution in [3.8, 4) is 11.5 Å². The van der Waals surface area contributed by atoms with E-state index in [1.807, 2.05) is 23.6 Å². The van der Waals surface area contributed by atoms with Gasteiger partial charge in [-0.2, -0.15) is 0 Å². The summed E-state index contributed by atoms with van der Waals surface area (Å²) in [5.74, 6) is 1.29. The predicted octanol–water partition coefficient (Wildman–Crippen LogP) is 5.11. The van der Waals surface area contributed by atoms with Crippen LogP contribution < -0.4 is 14.8 Å². The van der Waals surface area contributed by atoms with E-state index in [2.05, 4.69) is 30.2 Å². The number of anilines is 1. The van der Waals surface area contributed by atoms with Crippen LogP contribution in [0.1, 0.15) is 41.4 Å². The highest BCUT2D eigenvalue weighted by Gasteiger charge is 2.12. The summed E-state index contributed by atoms with van der Waals surface area (Å²) in [6, 6.07) is 13.0. The van der Waals surface area contributed by atoms with Gasteiger partial charge in [-0.25, -0.2) is 4.98 Å². The van der Waals surface area contributed by atoms with Crippen molar-refractivity contribution in [1.29, 1.82) is 0 Å². The molecule has 0 spiro atoms. The second-order valence-corrected chi connectivity index (χ2v) is 7.09. The monoisotopic (exact) mass is 382 g/mol. The summed E-state index contributed by atoms with van der Waals surface area (Å²) >= 11 is 1.52. The first-order valence-electron chi connectivity index (χ1n) is 8.66. The van der Waals surface area contributed by atoms with Crippen molar-refractivity contribution in [2.75, 3.05) is 12.4 Å². The number of aromatic nitrogens is 1. The average molecular weight is 382 g/mol. The van der Waals surface area contributed by atoms with E-state index in [4.69, 9.17) is 9.47 Å². The van der Waals surface area contributed by atoms with Crippen LogP contribution in [0.15, 0.2) is 53.4 Å². The highest BCUT2D eigenvalue weighted by atomic mass is 32.1. The summed E-state index contributed by atoms with van der Waals surface area (Å²) in [4.78, 5) is 16.8. The summed E-state index contributed by atoms with van der Waals surface area (Å²) in [7, 11) is 1.55. The van der Waals surface area contributed by atoms with Gasteiger partial charge >= 0.3 is 0 Å². The molecule has 5 nitrogen and oxygen atoms in total. The van der Waals surface area contributed by atoms with E-state index in [1.54, 1.807) is 30.8 Å². The fourth-order valence-corrected chi connectivity index (χ4v) is 3.11. The lowest BCUT2D eigenvalue weighted by atomic mass is 10.0. The van der Waals surface area contributed by atoms with Crippen molar-refractivity contribution in [2.45, 2.75) is 26.4 Å². The van der Waals surface area contributed by atoms with Crippen molar-refractivity contribution in [3.63, 3.8) is 0 Å². The Kier molecular flexibility index (Phi) is 6.08. The molecule has 0 unspecified atom stereocenters. The largest absolute Gasteiger partial charge is 0.493 e. The molecule has 0 aliphatic carbocycles. The fourth-order valence-electron chi connectivity index (χ4n) is 2.57. The highest BCUT2D eigenvalue weighted by molar-refractivity contribution is 7.07. The number of thiazole rings is 1. The third-order valence-corrected chi connectivity index (χ3v) is 4.73. The molecule has 0 aliphatic rings. The van der Waals surface area contributed by atoms with Crippen LogP contribution in [0.5, 0.6) is 11.5 Å². The van der Waals surface area contributed by atoms with Gasteiger partial charge in [-0.15, -0.1) is 11.3 Å². The molecule has 1 amide bonds. The Labute approximate surface area is 163 Å². The molecule has 0 atom stereocenters. The van der Waals surface area contributed by atoms with Gasteiger partial charge in [-0.3, -0.25) is 4.79 Å². The van der Waals surface area contributed by atoms with Crippen LogP contribution in [-0.4, -0.2) is 18.0 Å². The number of nitrogens with zero attached hydrogens (tertiary/aromatic N) is 1. The Bertz CT molecular complexity index is 908. The third kappa shape index (κ3) is 4.86. The van der Waals surface area contributed by atoms with Crippen molar-refractivity contribution >= 4 is 22.9 Å². The van der Waals surface area contributed by atoms with Crippen LogP contribution >= 0.6 is 11.3 Å². The van der Waals surface area contributed by atoms with Crippen LogP contribution in [0.25, 0.3) is 0 Å². The van der Waals surface area contributed by atoms with Gasteiger partial charge in [0.05, 0.1) is 18.3 Å². The Morgan fingerprint density at radius 1 is 1.19 bits per heavy atom. The molecule has 1 N–H and O–H groups in total. The van der Waals surface area contributed by atoms with Gasteiger partial charge in [-0.05, 0) is 41.8 Å². The van der Waals surface area contributed by atoms with E-state index in [0.29, 0.717) is 29.6 Å². The molecule has 3 rings (SSSR count). The zero-order valence-electron chi connectivity index (χ0n) is 15.6. The number of hydrogen-bond donors (Lipinski definition) is 1. The van der Waals surface area contributed by atoms with Crippen LogP contribution in [0, 0.1) is 0 Å². The van der Waals surface area contributed by atoms with Gasteiger partial charge in [0, 0.05) is 16.6 Å². The number of ether oxygens (including phenoxy) is 2. The van der Waals surface area contributed by atoms with E-state index in [0.717, 1.165) is 11.4 Å². The first-order valence-corrected chi connectivity index (χ1v) is 9.60. The predicted molar refractivity (Wildman–Crippen MR) is 108 cm³/mol. The number of methoxy groups -OCH3 is 1. The van der Waals surface area contributed by atoms with E-state index < -0.39 is 0 Å². The number of hydrogen-bond acceptors (Lipinski definition) is 5. The van der Waals surface area contributed by atoms with E-state index in [1.165, 1.54) is 16.9 Å². The van der Waals surface area contributed by atoms with E-state index >= 15 is 0 Å². The number of amides is 1. The first kappa shape index (κ1) is 18.9. The summed E-state index contributed by atoms with van der Waals surface area (Å²) in [6.07, 6.45) is 0. The Morgan fingerprint density at radius 2 is 2.04 bits per heavy atom. The van der Waals surface area contributed by atoms with Crippen molar-refractivity contribution in [1.82, 2.24) is 4.98 Å². The van der Waals surface area contributed by atoms with Crippen LogP contribution in [0.3, 0.4) is 0 Å². The van der Waals surface area contributed by atoms with Gasteiger partial charge in [0.15, 0.2) is 11.5 Å². The maximum Gasteiger partial charge on any atom is 0.255 e. The number of carbonyl (C=O) groups excluding carboxylic acids is 1. The number of carbonyl (C=O) groups is 1. The number of benzene rings is 2. The van der Waals surface area contributed by atoms with Crippen molar-refractivity contribution in [3.05, 3.63) is 70.2 Å². The molecule has 2 aromatic carbocycles. The smallest absolute Gasteiger partial charge is 0.255 e. The minimum atomic E-state index is -0.194. The van der Waals surface area contributed by atoms with Gasteiger partial charge in [0.25, 0.3) is 5.91 Å². The summed E-state index contributed by atoms with van der Waals surface area (Å²) in [6.45, 7) is 4.60. The molecule has 6 heteroatoms. The third-order valence-electron chi connectivity index (χ3n) is 4.10. The zero-order chi connectivity index (χ0) is 19.2. The Balaban J connectivity index is 1.72. The zero-order valence-corrected chi connectivity index (χ0v) is 16.4. The van der Waals surface area contributed by atoms with Crippen LogP contribution in [0.2, 0.25) is 0 Å². The van der Waals surface area contributed by atoms with Gasteiger partial charge < -0.3 is 14.8 Å². The second-order valence-electron chi connectivity index (χ2n) is 6.37. The lowest BCUT2D eigenvalue weighted by Gasteiger charge is -2.12. The van der Waals surface area contributed by atoms with Crippen LogP contribution in [-0.2, 0) is 6.61 Å². The lowest BCUT2D eigenvalue weighted by Crippen LogP contribution is -2.12. The molecular weight excluding hydrogens is 360 g/mol. The van der Waals surface area contributed by atoms with Crippen LogP contribution in [0.4, 0.5) is 5.69 Å². The molecule has 0 fully saturated rings. The first-order chi connectivity index (χ1) is 13.1. The van der Waals surface area contributed by atoms with Gasteiger partial charge in [-0.1, -0.05) is 26.0 Å². The molecule has 0 aliphatic heterocycles. The Morgan fingerprint density at radius 3 is 2.74 bits per heavy atom. The molecular formula is C21H22N2O3S. The molecule has 0 saturated heterocycles. The minimum Gasteiger partial charge on any atom is -0.493 e. The minimum absolute atomic E-state index is 0.194. The molecule has 0 bridgehead atoms. The molecule has 0 saturated carbocycles. The maximum absolute atomic E-state index is 12.6. The summed E-state index contributed by atoms with van der Waals surface area (Å²) in [5, 5.41) is 4.86. The van der Waals surface area contributed by atoms with Crippen molar-refractivity contribution < 1.29 is 14.3 Å². The standard InChI is InChI=1S/C21H22N2O3S/c1-14(2)15-5-4-6-17(9-15)23-21(24)16-7-8-19(20(10-16)25-3)26-11-18-12-27-13-22-18/h4-10,12-14H,11H2,1-3H3,(H,23,24). The normalized spacial score (nSPS) is 10.7. The molecule has 0 radical (unpaired) electrons. The lowest BCUT2D eigenvalue weighted by molar-refractivity contribution is 0.102. The van der Waals surface area contributed by atoms with Gasteiger partial charge in [0.2, 0.25) is 0 Å². The second kappa shape index (κ2) is 8.68. The Hall–Kier alpha value is -2.86. The molecule has 1 heterocycles. The quantitative estimate of drug-likeness (QED) is 0.617. The molecule has 27 heavy (non-hydrogen) atoms. The SMILES string of the molecule is COc1cc(C(=O)Nc2cccc(C(C)C)c2)ccc1OCc1cscn1. The van der Waals surface area contributed by atoms with E-state index in [-0.39, 0.29) is 5.91 Å². The summed E-state index contributed by atoms with van der Waals surface area (Å²) in [5.41, 5.74) is 5.07. The number of nitrogens with one attached hydrogen (secondary N) is 1. The molecule has 1 aromatic heterocycles.